The van der Waals surface area contributed by atoms with Gasteiger partial charge in [-0.3, -0.25) is 14.5 Å². The van der Waals surface area contributed by atoms with Gasteiger partial charge in [-0.2, -0.15) is 13.2 Å². The highest BCUT2D eigenvalue weighted by atomic mass is 19.4. The van der Waals surface area contributed by atoms with Crippen LogP contribution in [0.2, 0.25) is 0 Å². The van der Waals surface area contributed by atoms with Crippen LogP contribution in [-0.4, -0.2) is 29.4 Å². The largest absolute Gasteiger partial charge is 0.412 e. The summed E-state index contributed by atoms with van der Waals surface area (Å²) in [7, 11) is 0. The monoisotopic (exact) mass is 345 g/mol. The maximum absolute atomic E-state index is 13.3. The number of fused-ring (bicyclic) bond motifs is 1. The fraction of sp³-hybridized carbons (Fsp3) is 0.158. The van der Waals surface area contributed by atoms with Crippen LogP contribution in [0.25, 0.3) is 0 Å². The molecule has 0 aromatic heterocycles. The number of halogens is 3. The quantitative estimate of drug-likeness (QED) is 0.620. The Morgan fingerprint density at radius 3 is 1.92 bits per heavy atom. The van der Waals surface area contributed by atoms with Crippen LogP contribution < -0.4 is 0 Å². The van der Waals surface area contributed by atoms with Gasteiger partial charge in [-0.1, -0.05) is 48.5 Å². The first-order chi connectivity index (χ1) is 11.9. The Balaban J connectivity index is 1.83. The second-order valence-electron chi connectivity index (χ2n) is 5.66. The number of hydrogen-bond acceptors (Lipinski definition) is 2. The van der Waals surface area contributed by atoms with E-state index in [9.17, 15) is 22.8 Å². The number of benzene rings is 2. The maximum Gasteiger partial charge on any atom is 0.412 e. The molecule has 25 heavy (non-hydrogen) atoms. The predicted molar refractivity (Wildman–Crippen MR) is 86.1 cm³/mol. The Morgan fingerprint density at radius 2 is 1.40 bits per heavy atom. The molecule has 1 aliphatic rings. The normalized spacial score (nSPS) is 14.8. The van der Waals surface area contributed by atoms with Crippen LogP contribution in [0.3, 0.4) is 0 Å². The second-order valence-corrected chi connectivity index (χ2v) is 5.66. The zero-order valence-electron chi connectivity index (χ0n) is 13.1. The zero-order valence-corrected chi connectivity index (χ0v) is 13.1. The first-order valence-corrected chi connectivity index (χ1v) is 7.63. The molecule has 6 heteroatoms. The van der Waals surface area contributed by atoms with Crippen molar-refractivity contribution in [1.29, 1.82) is 0 Å². The Morgan fingerprint density at radius 1 is 0.880 bits per heavy atom. The molecule has 3 rings (SSSR count). The van der Waals surface area contributed by atoms with Gasteiger partial charge >= 0.3 is 6.18 Å². The van der Waals surface area contributed by atoms with Gasteiger partial charge in [0.2, 0.25) is 0 Å². The van der Waals surface area contributed by atoms with E-state index >= 15 is 0 Å². The lowest BCUT2D eigenvalue weighted by Gasteiger charge is -2.15. The second kappa shape index (κ2) is 6.55. The van der Waals surface area contributed by atoms with E-state index in [4.69, 9.17) is 0 Å². The number of carbonyl (C=O) groups is 2. The van der Waals surface area contributed by atoms with Gasteiger partial charge in [0.05, 0.1) is 11.1 Å². The van der Waals surface area contributed by atoms with Crippen molar-refractivity contribution in [2.75, 3.05) is 6.54 Å². The summed E-state index contributed by atoms with van der Waals surface area (Å²) in [6, 6.07) is 14.4. The van der Waals surface area contributed by atoms with Gasteiger partial charge in [0.15, 0.2) is 0 Å². The molecule has 2 aromatic carbocycles. The number of alkyl halides is 3. The smallest absolute Gasteiger partial charge is 0.270 e. The summed E-state index contributed by atoms with van der Waals surface area (Å²) >= 11 is 0. The summed E-state index contributed by atoms with van der Waals surface area (Å²) in [6.45, 7) is -0.409. The summed E-state index contributed by atoms with van der Waals surface area (Å²) in [5.74, 6) is -1.14. The SMILES string of the molecule is O=C1c2ccccc2C(=O)N1C/C=C(/Cc1ccccc1)C(F)(F)F. The zero-order chi connectivity index (χ0) is 18.0. The van der Waals surface area contributed by atoms with E-state index < -0.39 is 30.1 Å². The Kier molecular flexibility index (Phi) is 4.44. The molecule has 0 fully saturated rings. The van der Waals surface area contributed by atoms with E-state index in [-0.39, 0.29) is 17.5 Å². The fourth-order valence-electron chi connectivity index (χ4n) is 2.71. The number of amides is 2. The van der Waals surface area contributed by atoms with E-state index in [1.54, 1.807) is 42.5 Å². The van der Waals surface area contributed by atoms with Crippen molar-refractivity contribution in [3.05, 3.63) is 82.9 Å². The van der Waals surface area contributed by atoms with Crippen molar-refractivity contribution in [2.24, 2.45) is 0 Å². The van der Waals surface area contributed by atoms with Gasteiger partial charge in [0, 0.05) is 18.5 Å². The van der Waals surface area contributed by atoms with E-state index in [0.717, 1.165) is 11.0 Å². The third kappa shape index (κ3) is 3.47. The third-order valence-electron chi connectivity index (χ3n) is 4.00. The summed E-state index contributed by atoms with van der Waals surface area (Å²) in [6.07, 6.45) is -3.93. The van der Waals surface area contributed by atoms with E-state index in [1.165, 1.54) is 12.1 Å². The first kappa shape index (κ1) is 17.0. The lowest BCUT2D eigenvalue weighted by atomic mass is 10.0. The van der Waals surface area contributed by atoms with Crippen molar-refractivity contribution in [3.8, 4) is 0 Å². The lowest BCUT2D eigenvalue weighted by Crippen LogP contribution is -2.30. The number of nitrogens with zero attached hydrogens (tertiary/aromatic N) is 1. The molecule has 0 saturated heterocycles. The summed E-state index contributed by atoms with van der Waals surface area (Å²) in [5.41, 5.74) is 0.165. The van der Waals surface area contributed by atoms with Crippen LogP contribution in [-0.2, 0) is 6.42 Å². The van der Waals surface area contributed by atoms with Gasteiger partial charge in [-0.25, -0.2) is 0 Å². The van der Waals surface area contributed by atoms with Gasteiger partial charge < -0.3 is 0 Å². The van der Waals surface area contributed by atoms with Crippen molar-refractivity contribution < 1.29 is 22.8 Å². The van der Waals surface area contributed by atoms with Crippen LogP contribution in [0.4, 0.5) is 13.2 Å². The molecule has 128 valence electrons. The average molecular weight is 345 g/mol. The molecule has 2 amide bonds. The molecule has 2 aromatic rings. The third-order valence-corrected chi connectivity index (χ3v) is 4.00. The minimum Gasteiger partial charge on any atom is -0.270 e. The van der Waals surface area contributed by atoms with E-state index in [0.29, 0.717) is 5.56 Å². The number of allylic oxidation sites excluding steroid dienone is 1. The first-order valence-electron chi connectivity index (χ1n) is 7.63. The highest BCUT2D eigenvalue weighted by Gasteiger charge is 2.37. The number of rotatable bonds is 4. The molecule has 0 radical (unpaired) electrons. The van der Waals surface area contributed by atoms with Gasteiger partial charge in [0.1, 0.15) is 0 Å². The van der Waals surface area contributed by atoms with Gasteiger partial charge in [-0.05, 0) is 17.7 Å². The van der Waals surface area contributed by atoms with Gasteiger partial charge in [-0.15, -0.1) is 0 Å². The average Bonchev–Trinajstić information content (AvgIpc) is 2.83. The molecule has 1 heterocycles. The van der Waals surface area contributed by atoms with Crippen LogP contribution in [0, 0.1) is 0 Å². The summed E-state index contributed by atoms with van der Waals surface area (Å²) in [4.78, 5) is 25.3. The standard InChI is InChI=1S/C19H14F3NO2/c20-19(21,22)14(12-13-6-2-1-3-7-13)10-11-23-17(24)15-8-4-5-9-16(15)18(23)25/h1-10H,11-12H2/b14-10-. The molecule has 0 saturated carbocycles. The highest BCUT2D eigenvalue weighted by molar-refractivity contribution is 6.21. The molecule has 0 atom stereocenters. The number of hydrogen-bond donors (Lipinski definition) is 0. The minimum absolute atomic E-state index is 0.220. The van der Waals surface area contributed by atoms with Gasteiger partial charge in [0.25, 0.3) is 11.8 Å². The van der Waals surface area contributed by atoms with Crippen LogP contribution in [0.1, 0.15) is 26.3 Å². The summed E-state index contributed by atoms with van der Waals surface area (Å²) < 4.78 is 39.8. The topological polar surface area (TPSA) is 37.4 Å². The Hall–Kier alpha value is -2.89. The van der Waals surface area contributed by atoms with Crippen molar-refractivity contribution in [3.63, 3.8) is 0 Å². The number of imide groups is 1. The molecule has 1 aliphatic heterocycles. The van der Waals surface area contributed by atoms with Crippen molar-refractivity contribution in [1.82, 2.24) is 4.90 Å². The van der Waals surface area contributed by atoms with E-state index in [1.807, 2.05) is 0 Å². The van der Waals surface area contributed by atoms with Crippen LogP contribution >= 0.6 is 0 Å². The van der Waals surface area contributed by atoms with Crippen molar-refractivity contribution >= 4 is 11.8 Å². The molecule has 0 N–H and O–H groups in total. The predicted octanol–water partition coefficient (Wildman–Crippen LogP) is 4.01. The molecule has 0 spiro atoms. The molecule has 3 nitrogen and oxygen atoms in total. The lowest BCUT2D eigenvalue weighted by molar-refractivity contribution is -0.0935. The Bertz CT molecular complexity index is 806. The molecular weight excluding hydrogens is 331 g/mol. The number of carbonyl (C=O) groups excluding carboxylic acids is 2. The van der Waals surface area contributed by atoms with Crippen LogP contribution in [0.5, 0.6) is 0 Å². The maximum atomic E-state index is 13.3. The van der Waals surface area contributed by atoms with Crippen LogP contribution in [0.15, 0.2) is 66.2 Å². The van der Waals surface area contributed by atoms with E-state index in [2.05, 4.69) is 0 Å². The van der Waals surface area contributed by atoms with Crippen molar-refractivity contribution in [2.45, 2.75) is 12.6 Å². The minimum atomic E-state index is -4.53. The molecular formula is C19H14F3NO2. The molecule has 0 aliphatic carbocycles. The fourth-order valence-corrected chi connectivity index (χ4v) is 2.71. The Labute approximate surface area is 142 Å². The highest BCUT2D eigenvalue weighted by Crippen LogP contribution is 2.29. The molecule has 0 bridgehead atoms. The summed E-state index contributed by atoms with van der Waals surface area (Å²) in [5, 5.41) is 0. The molecule has 0 unspecified atom stereocenters.